The molecule has 1 heterocycles. The van der Waals surface area contributed by atoms with Crippen molar-refractivity contribution < 1.29 is 5.11 Å². The molecule has 1 aromatic carbocycles. The van der Waals surface area contributed by atoms with Gasteiger partial charge in [0.15, 0.2) is 0 Å². The van der Waals surface area contributed by atoms with Crippen molar-refractivity contribution in [3.8, 4) is 17.0 Å². The topological polar surface area (TPSA) is 68.9 Å². The maximum Gasteiger partial charge on any atom is 0.264 e. The van der Waals surface area contributed by atoms with E-state index in [4.69, 9.17) is 0 Å². The molecule has 2 aromatic rings. The second-order valence-corrected chi connectivity index (χ2v) is 4.00. The van der Waals surface area contributed by atoms with Crippen molar-refractivity contribution in [2.24, 2.45) is 0 Å². The molecule has 4 nitrogen and oxygen atoms in total. The standard InChI is InChI=1S/C9H7IN2O2/c10-6-3-5(1-2-8(6)13)7-4-9(14)12-11-7/h1-4,13H,(H2,11,12,14). The summed E-state index contributed by atoms with van der Waals surface area (Å²) in [5, 5.41) is 14.5. The van der Waals surface area contributed by atoms with Gasteiger partial charge in [-0.2, -0.15) is 0 Å². The fraction of sp³-hybridized carbons (Fsp3) is 0. The van der Waals surface area contributed by atoms with Gasteiger partial charge in [-0.1, -0.05) is 0 Å². The monoisotopic (exact) mass is 302 g/mol. The van der Waals surface area contributed by atoms with Crippen LogP contribution in [-0.4, -0.2) is 15.3 Å². The molecule has 72 valence electrons. The van der Waals surface area contributed by atoms with E-state index in [0.717, 1.165) is 9.13 Å². The lowest BCUT2D eigenvalue weighted by molar-refractivity contribution is 0.471. The normalized spacial score (nSPS) is 10.4. The van der Waals surface area contributed by atoms with Gasteiger partial charge in [-0.25, -0.2) is 0 Å². The van der Waals surface area contributed by atoms with Gasteiger partial charge >= 0.3 is 0 Å². The molecule has 0 radical (unpaired) electrons. The summed E-state index contributed by atoms with van der Waals surface area (Å²) in [5.41, 5.74) is 1.42. The number of phenols is 1. The molecular weight excluding hydrogens is 295 g/mol. The lowest BCUT2D eigenvalue weighted by Crippen LogP contribution is -1.93. The molecule has 0 saturated heterocycles. The van der Waals surface area contributed by atoms with E-state index in [1.54, 1.807) is 18.2 Å². The molecular formula is C9H7IN2O2. The predicted octanol–water partition coefficient (Wildman–Crippen LogP) is 1.68. The zero-order valence-corrected chi connectivity index (χ0v) is 9.20. The highest BCUT2D eigenvalue weighted by molar-refractivity contribution is 14.1. The Hall–Kier alpha value is -1.24. The summed E-state index contributed by atoms with van der Waals surface area (Å²) in [4.78, 5) is 10.9. The third-order valence-corrected chi connectivity index (χ3v) is 2.72. The summed E-state index contributed by atoms with van der Waals surface area (Å²) in [6.07, 6.45) is 0. The fourth-order valence-corrected chi connectivity index (χ4v) is 1.68. The van der Waals surface area contributed by atoms with Crippen LogP contribution in [0.3, 0.4) is 0 Å². The van der Waals surface area contributed by atoms with E-state index in [9.17, 15) is 9.90 Å². The van der Waals surface area contributed by atoms with E-state index in [2.05, 4.69) is 10.2 Å². The van der Waals surface area contributed by atoms with Crippen molar-refractivity contribution in [2.75, 3.05) is 0 Å². The van der Waals surface area contributed by atoms with Crippen LogP contribution in [-0.2, 0) is 0 Å². The first-order valence-corrected chi connectivity index (χ1v) is 5.01. The second kappa shape index (κ2) is 3.49. The molecule has 0 atom stereocenters. The van der Waals surface area contributed by atoms with Crippen LogP contribution in [0.4, 0.5) is 0 Å². The minimum absolute atomic E-state index is 0.164. The van der Waals surface area contributed by atoms with Gasteiger partial charge < -0.3 is 5.11 Å². The number of hydrogen-bond acceptors (Lipinski definition) is 2. The van der Waals surface area contributed by atoms with E-state index in [-0.39, 0.29) is 11.3 Å². The molecule has 0 bridgehead atoms. The van der Waals surface area contributed by atoms with Gasteiger partial charge in [0, 0.05) is 11.6 Å². The third kappa shape index (κ3) is 1.67. The number of rotatable bonds is 1. The molecule has 2 rings (SSSR count). The number of nitrogens with one attached hydrogen (secondary N) is 2. The molecule has 0 aliphatic rings. The van der Waals surface area contributed by atoms with Gasteiger partial charge in [0.25, 0.3) is 5.56 Å². The maximum absolute atomic E-state index is 10.9. The van der Waals surface area contributed by atoms with Crippen molar-refractivity contribution in [1.82, 2.24) is 10.2 Å². The van der Waals surface area contributed by atoms with Crippen molar-refractivity contribution in [1.29, 1.82) is 0 Å². The van der Waals surface area contributed by atoms with Crippen molar-refractivity contribution in [2.45, 2.75) is 0 Å². The van der Waals surface area contributed by atoms with Crippen molar-refractivity contribution in [3.05, 3.63) is 38.2 Å². The van der Waals surface area contributed by atoms with Gasteiger partial charge in [0.2, 0.25) is 0 Å². The fourth-order valence-electron chi connectivity index (χ4n) is 1.16. The summed E-state index contributed by atoms with van der Waals surface area (Å²) in [7, 11) is 0. The molecule has 0 saturated carbocycles. The summed E-state index contributed by atoms with van der Waals surface area (Å²) in [5.74, 6) is 0.243. The lowest BCUT2D eigenvalue weighted by Gasteiger charge is -2.00. The van der Waals surface area contributed by atoms with Crippen LogP contribution in [0.15, 0.2) is 29.1 Å². The largest absolute Gasteiger partial charge is 0.507 e. The van der Waals surface area contributed by atoms with Crippen molar-refractivity contribution >= 4 is 22.6 Å². The van der Waals surface area contributed by atoms with Crippen LogP contribution < -0.4 is 5.56 Å². The number of aromatic nitrogens is 2. The number of benzene rings is 1. The Labute approximate surface area is 93.1 Å². The Balaban J connectivity index is 2.52. The first kappa shape index (κ1) is 9.32. The zero-order chi connectivity index (χ0) is 10.1. The molecule has 0 fully saturated rings. The number of aromatic amines is 2. The van der Waals surface area contributed by atoms with Gasteiger partial charge in [-0.05, 0) is 40.8 Å². The molecule has 1 aromatic heterocycles. The Morgan fingerprint density at radius 2 is 2.00 bits per heavy atom. The number of hydrogen-bond donors (Lipinski definition) is 3. The quantitative estimate of drug-likeness (QED) is 0.702. The van der Waals surface area contributed by atoms with Crippen LogP contribution in [0.1, 0.15) is 0 Å². The first-order chi connectivity index (χ1) is 6.66. The minimum Gasteiger partial charge on any atom is -0.507 e. The molecule has 0 spiro atoms. The highest BCUT2D eigenvalue weighted by atomic mass is 127. The van der Waals surface area contributed by atoms with Gasteiger partial charge in [0.05, 0.1) is 9.26 Å². The molecule has 14 heavy (non-hydrogen) atoms. The molecule has 0 aliphatic carbocycles. The number of aromatic hydroxyl groups is 1. The summed E-state index contributed by atoms with van der Waals surface area (Å²) >= 11 is 2.03. The number of H-pyrrole nitrogens is 2. The van der Waals surface area contributed by atoms with E-state index in [1.165, 1.54) is 6.07 Å². The summed E-state index contributed by atoms with van der Waals surface area (Å²) < 4.78 is 0.752. The molecule has 0 aliphatic heterocycles. The smallest absolute Gasteiger partial charge is 0.264 e. The number of halogens is 1. The van der Waals surface area contributed by atoms with Crippen LogP contribution in [0.25, 0.3) is 11.3 Å². The maximum atomic E-state index is 10.9. The molecule has 0 unspecified atom stereocenters. The van der Waals surface area contributed by atoms with E-state index in [1.807, 2.05) is 22.6 Å². The first-order valence-electron chi connectivity index (χ1n) is 3.93. The third-order valence-electron chi connectivity index (χ3n) is 1.85. The van der Waals surface area contributed by atoms with Gasteiger partial charge in [-0.15, -0.1) is 0 Å². The Morgan fingerprint density at radius 3 is 2.57 bits per heavy atom. The summed E-state index contributed by atoms with van der Waals surface area (Å²) in [6.45, 7) is 0. The van der Waals surface area contributed by atoms with Gasteiger partial charge in [-0.3, -0.25) is 15.0 Å². The zero-order valence-electron chi connectivity index (χ0n) is 7.04. The average molecular weight is 302 g/mol. The Bertz CT molecular complexity index is 516. The van der Waals surface area contributed by atoms with Crippen LogP contribution in [0, 0.1) is 3.57 Å². The lowest BCUT2D eigenvalue weighted by atomic mass is 10.1. The van der Waals surface area contributed by atoms with E-state index < -0.39 is 0 Å². The molecule has 5 heteroatoms. The predicted molar refractivity (Wildman–Crippen MR) is 61.2 cm³/mol. The van der Waals surface area contributed by atoms with Crippen LogP contribution >= 0.6 is 22.6 Å². The number of phenolic OH excluding ortho intramolecular Hbond substituents is 1. The SMILES string of the molecule is O=c1cc(-c2ccc(O)c(I)c2)[nH][nH]1. The van der Waals surface area contributed by atoms with Crippen molar-refractivity contribution in [3.63, 3.8) is 0 Å². The minimum atomic E-state index is -0.164. The van der Waals surface area contributed by atoms with Crippen LogP contribution in [0.2, 0.25) is 0 Å². The Kier molecular flexibility index (Phi) is 2.32. The highest BCUT2D eigenvalue weighted by Crippen LogP contribution is 2.24. The van der Waals surface area contributed by atoms with E-state index >= 15 is 0 Å². The van der Waals surface area contributed by atoms with Crippen LogP contribution in [0.5, 0.6) is 5.75 Å². The molecule has 3 N–H and O–H groups in total. The summed E-state index contributed by atoms with van der Waals surface area (Å²) in [6, 6.07) is 6.62. The van der Waals surface area contributed by atoms with E-state index in [0.29, 0.717) is 5.69 Å². The van der Waals surface area contributed by atoms with Gasteiger partial charge in [0.1, 0.15) is 5.75 Å². The molecule has 0 amide bonds. The average Bonchev–Trinajstić information content (AvgIpc) is 2.57. The Morgan fingerprint density at radius 1 is 1.21 bits per heavy atom. The second-order valence-electron chi connectivity index (χ2n) is 2.84. The highest BCUT2D eigenvalue weighted by Gasteiger charge is 2.03.